The number of carbonyl (C=O) groups excluding carboxylic acids is 1. The zero-order valence-corrected chi connectivity index (χ0v) is 17.3. The predicted molar refractivity (Wildman–Crippen MR) is 114 cm³/mol. The Bertz CT molecular complexity index is 1100. The average Bonchev–Trinajstić information content (AvgIpc) is 3.52. The monoisotopic (exact) mass is 421 g/mol. The second kappa shape index (κ2) is 7.93. The van der Waals surface area contributed by atoms with Gasteiger partial charge in [0.1, 0.15) is 0 Å². The molecule has 5 nitrogen and oxygen atoms in total. The number of amides is 1. The summed E-state index contributed by atoms with van der Waals surface area (Å²) in [4.78, 5) is 21.9. The Labute approximate surface area is 176 Å². The minimum atomic E-state index is -0.0249. The van der Waals surface area contributed by atoms with E-state index >= 15 is 0 Å². The molecule has 1 amide bonds. The van der Waals surface area contributed by atoms with Crippen LogP contribution >= 0.6 is 22.7 Å². The summed E-state index contributed by atoms with van der Waals surface area (Å²) in [6.45, 7) is 0.732. The topological polar surface area (TPSA) is 59.2 Å². The Balaban J connectivity index is 1.33. The molecule has 29 heavy (non-hydrogen) atoms. The van der Waals surface area contributed by atoms with Crippen LogP contribution in [0.1, 0.15) is 34.4 Å². The lowest BCUT2D eigenvalue weighted by molar-refractivity contribution is -0.133. The van der Waals surface area contributed by atoms with Crippen LogP contribution in [0.2, 0.25) is 0 Å². The van der Waals surface area contributed by atoms with Crippen molar-refractivity contribution in [1.82, 2.24) is 15.0 Å². The van der Waals surface area contributed by atoms with Gasteiger partial charge in [-0.15, -0.1) is 22.7 Å². The molecule has 1 aromatic carbocycles. The van der Waals surface area contributed by atoms with E-state index in [1.165, 1.54) is 10.4 Å². The van der Waals surface area contributed by atoms with Gasteiger partial charge in [-0.2, -0.15) is 4.98 Å². The molecule has 0 radical (unpaired) electrons. The fourth-order valence-corrected chi connectivity index (χ4v) is 5.35. The second-order valence-electron chi connectivity index (χ2n) is 6.94. The molecule has 0 fully saturated rings. The standard InChI is InChI=1S/C22H19N3O2S2/c26-20(9-8-19-23-22(24-27-19)18-7-4-13-28-18)25-12-10-17-16(11-14-29-17)21(25)15-5-2-1-3-6-15/h1-7,11,13-14,21H,8-10,12H2. The van der Waals surface area contributed by atoms with E-state index in [0.29, 0.717) is 24.6 Å². The number of nitrogens with zero attached hydrogens (tertiary/aromatic N) is 3. The smallest absolute Gasteiger partial charge is 0.227 e. The number of benzene rings is 1. The molecule has 0 spiro atoms. The fraction of sp³-hybridized carbons (Fsp3) is 0.227. The van der Waals surface area contributed by atoms with Gasteiger partial charge in [-0.3, -0.25) is 4.79 Å². The number of hydrogen-bond donors (Lipinski definition) is 0. The second-order valence-corrected chi connectivity index (χ2v) is 8.89. The van der Waals surface area contributed by atoms with Gasteiger partial charge in [0.05, 0.1) is 10.9 Å². The van der Waals surface area contributed by atoms with Crippen LogP contribution in [-0.4, -0.2) is 27.5 Å². The summed E-state index contributed by atoms with van der Waals surface area (Å²) in [5.41, 5.74) is 2.40. The first-order valence-corrected chi connectivity index (χ1v) is 11.3. The van der Waals surface area contributed by atoms with Gasteiger partial charge in [0.2, 0.25) is 17.6 Å². The summed E-state index contributed by atoms with van der Waals surface area (Å²) in [6, 6.07) is 16.3. The van der Waals surface area contributed by atoms with E-state index < -0.39 is 0 Å². The van der Waals surface area contributed by atoms with Crippen LogP contribution in [0.3, 0.4) is 0 Å². The highest BCUT2D eigenvalue weighted by molar-refractivity contribution is 7.13. The zero-order chi connectivity index (χ0) is 19.6. The van der Waals surface area contributed by atoms with Crippen LogP contribution in [0.4, 0.5) is 0 Å². The van der Waals surface area contributed by atoms with Crippen LogP contribution in [0.5, 0.6) is 0 Å². The highest BCUT2D eigenvalue weighted by Crippen LogP contribution is 2.38. The molecule has 5 rings (SSSR count). The van der Waals surface area contributed by atoms with Gasteiger partial charge < -0.3 is 9.42 Å². The Hall–Kier alpha value is -2.77. The van der Waals surface area contributed by atoms with E-state index in [0.717, 1.165) is 23.4 Å². The fourth-order valence-electron chi connectivity index (χ4n) is 3.80. The third kappa shape index (κ3) is 3.63. The molecule has 0 saturated heterocycles. The van der Waals surface area contributed by atoms with Gasteiger partial charge in [-0.05, 0) is 40.4 Å². The molecule has 4 aromatic rings. The summed E-state index contributed by atoms with van der Waals surface area (Å²) in [7, 11) is 0. The first kappa shape index (κ1) is 18.3. The SMILES string of the molecule is O=C(CCc1nc(-c2cccs2)no1)N1CCc2sccc2C1c1ccccc1. The van der Waals surface area contributed by atoms with Crippen LogP contribution in [0, 0.1) is 0 Å². The molecule has 0 N–H and O–H groups in total. The molecule has 7 heteroatoms. The maximum atomic E-state index is 13.2. The molecular weight excluding hydrogens is 402 g/mol. The number of rotatable bonds is 5. The van der Waals surface area contributed by atoms with Gasteiger partial charge in [-0.1, -0.05) is 41.6 Å². The first-order valence-electron chi connectivity index (χ1n) is 9.57. The van der Waals surface area contributed by atoms with Gasteiger partial charge in [0, 0.05) is 24.3 Å². The molecule has 1 aliphatic heterocycles. The minimum absolute atomic E-state index is 0.0249. The van der Waals surface area contributed by atoms with E-state index in [9.17, 15) is 4.79 Å². The number of aryl methyl sites for hydroxylation is 1. The van der Waals surface area contributed by atoms with Crippen molar-refractivity contribution in [2.24, 2.45) is 0 Å². The third-order valence-corrected chi connectivity index (χ3v) is 7.03. The lowest BCUT2D eigenvalue weighted by Crippen LogP contribution is -2.40. The largest absolute Gasteiger partial charge is 0.339 e. The molecule has 0 bridgehead atoms. The van der Waals surface area contributed by atoms with Crippen molar-refractivity contribution in [2.75, 3.05) is 6.54 Å². The molecule has 0 aliphatic carbocycles. The number of thiophene rings is 2. The van der Waals surface area contributed by atoms with Crippen molar-refractivity contribution in [3.63, 3.8) is 0 Å². The van der Waals surface area contributed by atoms with Crippen molar-refractivity contribution in [3.8, 4) is 10.7 Å². The number of aromatic nitrogens is 2. The minimum Gasteiger partial charge on any atom is -0.339 e. The lowest BCUT2D eigenvalue weighted by atomic mass is 9.93. The van der Waals surface area contributed by atoms with Gasteiger partial charge >= 0.3 is 0 Å². The summed E-state index contributed by atoms with van der Waals surface area (Å²) < 4.78 is 5.36. The Morgan fingerprint density at radius 1 is 1.10 bits per heavy atom. The first-order chi connectivity index (χ1) is 14.3. The molecule has 1 unspecified atom stereocenters. The van der Waals surface area contributed by atoms with Crippen LogP contribution < -0.4 is 0 Å². The molecule has 3 aromatic heterocycles. The third-order valence-electron chi connectivity index (χ3n) is 5.16. The van der Waals surface area contributed by atoms with E-state index in [2.05, 4.69) is 33.7 Å². The normalized spacial score (nSPS) is 16.0. The Morgan fingerprint density at radius 3 is 2.83 bits per heavy atom. The van der Waals surface area contributed by atoms with Crippen LogP contribution in [-0.2, 0) is 17.6 Å². The molecular formula is C22H19N3O2S2. The summed E-state index contributed by atoms with van der Waals surface area (Å²) >= 11 is 3.35. The van der Waals surface area contributed by atoms with Gasteiger partial charge in [0.15, 0.2) is 0 Å². The van der Waals surface area contributed by atoms with Crippen molar-refractivity contribution in [1.29, 1.82) is 0 Å². The highest BCUT2D eigenvalue weighted by Gasteiger charge is 2.32. The quantitative estimate of drug-likeness (QED) is 0.457. The maximum absolute atomic E-state index is 13.2. The summed E-state index contributed by atoms with van der Waals surface area (Å²) in [5.74, 6) is 1.21. The molecule has 1 aliphatic rings. The number of hydrogen-bond acceptors (Lipinski definition) is 6. The van der Waals surface area contributed by atoms with Crippen LogP contribution in [0.15, 0.2) is 63.8 Å². The van der Waals surface area contributed by atoms with Crippen molar-refractivity contribution < 1.29 is 9.32 Å². The maximum Gasteiger partial charge on any atom is 0.227 e. The van der Waals surface area contributed by atoms with Gasteiger partial charge in [0.25, 0.3) is 0 Å². The summed E-state index contributed by atoms with van der Waals surface area (Å²) in [5, 5.41) is 8.14. The Kier molecular flexibility index (Phi) is 4.99. The molecule has 1 atom stereocenters. The number of fused-ring (bicyclic) bond motifs is 1. The van der Waals surface area contributed by atoms with Gasteiger partial charge in [-0.25, -0.2) is 0 Å². The molecule has 0 saturated carbocycles. The molecule has 146 valence electrons. The van der Waals surface area contributed by atoms with E-state index in [1.54, 1.807) is 22.7 Å². The average molecular weight is 422 g/mol. The number of carbonyl (C=O) groups is 1. The van der Waals surface area contributed by atoms with Crippen molar-refractivity contribution >= 4 is 28.6 Å². The van der Waals surface area contributed by atoms with Crippen molar-refractivity contribution in [3.05, 3.63) is 81.2 Å². The Morgan fingerprint density at radius 2 is 2.00 bits per heavy atom. The highest BCUT2D eigenvalue weighted by atomic mass is 32.1. The zero-order valence-electron chi connectivity index (χ0n) is 15.7. The molecule has 4 heterocycles. The van der Waals surface area contributed by atoms with Crippen molar-refractivity contribution in [2.45, 2.75) is 25.3 Å². The lowest BCUT2D eigenvalue weighted by Gasteiger charge is -2.36. The van der Waals surface area contributed by atoms with E-state index in [1.807, 2.05) is 40.6 Å². The van der Waals surface area contributed by atoms with E-state index in [-0.39, 0.29) is 11.9 Å². The van der Waals surface area contributed by atoms with Crippen LogP contribution in [0.25, 0.3) is 10.7 Å². The predicted octanol–water partition coefficient (Wildman–Crippen LogP) is 4.97. The summed E-state index contributed by atoms with van der Waals surface area (Å²) in [6.07, 6.45) is 1.71. The van der Waals surface area contributed by atoms with E-state index in [4.69, 9.17) is 4.52 Å².